The highest BCUT2D eigenvalue weighted by molar-refractivity contribution is 5.66. The molecule has 2 aromatic rings. The molecule has 1 aromatic heterocycles. The summed E-state index contributed by atoms with van der Waals surface area (Å²) in [6, 6.07) is 12.7. The maximum atomic E-state index is 4.69. The molecule has 0 N–H and O–H groups in total. The molecule has 0 radical (unpaired) electrons. The average Bonchev–Trinajstić information content (AvgIpc) is 2.37. The zero-order chi connectivity index (χ0) is 15.0. The Labute approximate surface area is 123 Å². The second-order valence-electron chi connectivity index (χ2n) is 7.45. The van der Waals surface area contributed by atoms with E-state index in [2.05, 4.69) is 76.9 Å². The Morgan fingerprint density at radius 2 is 1.35 bits per heavy atom. The van der Waals surface area contributed by atoms with Gasteiger partial charge in [-0.15, -0.1) is 0 Å². The van der Waals surface area contributed by atoms with E-state index in [-0.39, 0.29) is 10.8 Å². The summed E-state index contributed by atoms with van der Waals surface area (Å²) in [5.41, 5.74) is 5.25. The van der Waals surface area contributed by atoms with Crippen molar-refractivity contribution in [2.24, 2.45) is 0 Å². The van der Waals surface area contributed by atoms with Gasteiger partial charge in [0.15, 0.2) is 0 Å². The lowest BCUT2D eigenvalue weighted by Crippen LogP contribution is -2.23. The van der Waals surface area contributed by atoms with Crippen LogP contribution in [0.5, 0.6) is 0 Å². The third-order valence-corrected chi connectivity index (χ3v) is 3.56. The molecule has 0 amide bonds. The maximum Gasteiger partial charge on any atom is 0.0742 e. The summed E-state index contributed by atoms with van der Waals surface area (Å²) in [4.78, 5) is 4.69. The van der Waals surface area contributed by atoms with Gasteiger partial charge in [0, 0.05) is 11.8 Å². The lowest BCUT2D eigenvalue weighted by molar-refractivity contribution is 0.529. The van der Waals surface area contributed by atoms with Gasteiger partial charge in [-0.25, -0.2) is 0 Å². The van der Waals surface area contributed by atoms with Gasteiger partial charge in [-0.1, -0.05) is 71.9 Å². The number of pyridine rings is 1. The summed E-state index contributed by atoms with van der Waals surface area (Å²) in [6.07, 6.45) is 1.94. The van der Waals surface area contributed by atoms with Gasteiger partial charge >= 0.3 is 0 Å². The monoisotopic (exact) mass is 267 g/mol. The third kappa shape index (κ3) is 2.92. The Morgan fingerprint density at radius 3 is 1.85 bits per heavy atom. The van der Waals surface area contributed by atoms with Crippen molar-refractivity contribution >= 4 is 0 Å². The molecule has 0 fully saturated rings. The summed E-state index contributed by atoms with van der Waals surface area (Å²) < 4.78 is 0. The molecule has 0 aliphatic carbocycles. The van der Waals surface area contributed by atoms with Crippen LogP contribution in [0.1, 0.15) is 52.7 Å². The van der Waals surface area contributed by atoms with E-state index in [0.717, 1.165) is 5.69 Å². The molecule has 1 heteroatoms. The molecule has 0 saturated carbocycles. The number of hydrogen-bond acceptors (Lipinski definition) is 1. The smallest absolute Gasteiger partial charge is 0.0742 e. The summed E-state index contributed by atoms with van der Waals surface area (Å²) in [6.45, 7) is 13.6. The fourth-order valence-electron chi connectivity index (χ4n) is 2.66. The average molecular weight is 267 g/mol. The number of benzene rings is 1. The van der Waals surface area contributed by atoms with Crippen molar-refractivity contribution in [2.75, 3.05) is 0 Å². The minimum atomic E-state index is 0.0715. The second-order valence-corrected chi connectivity index (χ2v) is 7.45. The van der Waals surface area contributed by atoms with Crippen molar-refractivity contribution in [3.05, 3.63) is 53.7 Å². The Hall–Kier alpha value is -1.63. The van der Waals surface area contributed by atoms with Crippen LogP contribution in [0.2, 0.25) is 0 Å². The van der Waals surface area contributed by atoms with Crippen molar-refractivity contribution in [3.63, 3.8) is 0 Å². The fourth-order valence-corrected chi connectivity index (χ4v) is 2.66. The molecular weight excluding hydrogens is 242 g/mol. The molecule has 0 atom stereocenters. The van der Waals surface area contributed by atoms with Crippen molar-refractivity contribution in [3.8, 4) is 11.3 Å². The van der Waals surface area contributed by atoms with Crippen LogP contribution in [0, 0.1) is 0 Å². The standard InChI is InChI=1S/C19H25N/c1-18(2,3)15-12-13-20-17(16(15)19(4,5)6)14-10-8-7-9-11-14/h7-13H,1-6H3. The number of rotatable bonds is 1. The van der Waals surface area contributed by atoms with Crippen LogP contribution in [0.25, 0.3) is 11.3 Å². The van der Waals surface area contributed by atoms with Gasteiger partial charge < -0.3 is 0 Å². The van der Waals surface area contributed by atoms with Gasteiger partial charge in [0.25, 0.3) is 0 Å². The first-order valence-corrected chi connectivity index (χ1v) is 7.26. The molecule has 1 aromatic carbocycles. The van der Waals surface area contributed by atoms with Crippen LogP contribution < -0.4 is 0 Å². The summed E-state index contributed by atoms with van der Waals surface area (Å²) in [5.74, 6) is 0. The molecular formula is C19H25N. The van der Waals surface area contributed by atoms with E-state index in [1.807, 2.05) is 12.3 Å². The molecule has 2 rings (SSSR count). The molecule has 1 nitrogen and oxygen atoms in total. The van der Waals surface area contributed by atoms with E-state index in [1.54, 1.807) is 0 Å². The number of aromatic nitrogens is 1. The predicted molar refractivity (Wildman–Crippen MR) is 87.1 cm³/mol. The lowest BCUT2D eigenvalue weighted by atomic mass is 9.74. The van der Waals surface area contributed by atoms with Crippen molar-refractivity contribution in [2.45, 2.75) is 52.4 Å². The third-order valence-electron chi connectivity index (χ3n) is 3.56. The maximum absolute atomic E-state index is 4.69. The molecule has 0 bridgehead atoms. The van der Waals surface area contributed by atoms with Gasteiger partial charge in [0.1, 0.15) is 0 Å². The molecule has 1 heterocycles. The topological polar surface area (TPSA) is 12.9 Å². The highest BCUT2D eigenvalue weighted by Crippen LogP contribution is 2.38. The fraction of sp³-hybridized carbons (Fsp3) is 0.421. The Balaban J connectivity index is 2.77. The summed E-state index contributed by atoms with van der Waals surface area (Å²) >= 11 is 0. The van der Waals surface area contributed by atoms with Gasteiger partial charge in [-0.3, -0.25) is 4.98 Å². The Kier molecular flexibility index (Phi) is 3.73. The first-order chi connectivity index (χ1) is 9.21. The first-order valence-electron chi connectivity index (χ1n) is 7.26. The van der Waals surface area contributed by atoms with Gasteiger partial charge in [-0.2, -0.15) is 0 Å². The molecule has 0 unspecified atom stereocenters. The molecule has 0 saturated heterocycles. The van der Waals surface area contributed by atoms with Crippen molar-refractivity contribution in [1.82, 2.24) is 4.98 Å². The van der Waals surface area contributed by atoms with E-state index in [4.69, 9.17) is 0 Å². The van der Waals surface area contributed by atoms with Gasteiger partial charge in [0.05, 0.1) is 5.69 Å². The van der Waals surface area contributed by atoms with Crippen LogP contribution in [-0.4, -0.2) is 4.98 Å². The van der Waals surface area contributed by atoms with Crippen LogP contribution in [-0.2, 0) is 10.8 Å². The largest absolute Gasteiger partial charge is 0.256 e. The predicted octanol–water partition coefficient (Wildman–Crippen LogP) is 5.34. The minimum absolute atomic E-state index is 0.0715. The second kappa shape index (κ2) is 5.05. The summed E-state index contributed by atoms with van der Waals surface area (Å²) in [5, 5.41) is 0. The van der Waals surface area contributed by atoms with E-state index in [1.165, 1.54) is 16.7 Å². The van der Waals surface area contributed by atoms with Gasteiger partial charge in [0.2, 0.25) is 0 Å². The van der Waals surface area contributed by atoms with E-state index >= 15 is 0 Å². The molecule has 106 valence electrons. The minimum Gasteiger partial charge on any atom is -0.256 e. The van der Waals surface area contributed by atoms with Gasteiger partial charge in [-0.05, 0) is 28.0 Å². The van der Waals surface area contributed by atoms with Crippen LogP contribution in [0.15, 0.2) is 42.6 Å². The highest BCUT2D eigenvalue weighted by atomic mass is 14.7. The zero-order valence-corrected chi connectivity index (χ0v) is 13.5. The molecule has 0 aliphatic rings. The zero-order valence-electron chi connectivity index (χ0n) is 13.5. The quantitative estimate of drug-likeness (QED) is 0.679. The highest BCUT2D eigenvalue weighted by Gasteiger charge is 2.28. The number of hydrogen-bond donors (Lipinski definition) is 0. The van der Waals surface area contributed by atoms with Crippen molar-refractivity contribution < 1.29 is 0 Å². The van der Waals surface area contributed by atoms with E-state index in [0.29, 0.717) is 0 Å². The number of nitrogens with zero attached hydrogens (tertiary/aromatic N) is 1. The Morgan fingerprint density at radius 1 is 0.750 bits per heavy atom. The SMILES string of the molecule is CC(C)(C)c1ccnc(-c2ccccc2)c1C(C)(C)C. The Bertz CT molecular complexity index is 583. The molecule has 0 aliphatic heterocycles. The first kappa shape index (κ1) is 14.8. The van der Waals surface area contributed by atoms with E-state index < -0.39 is 0 Å². The van der Waals surface area contributed by atoms with Crippen LogP contribution in [0.4, 0.5) is 0 Å². The molecule has 20 heavy (non-hydrogen) atoms. The summed E-state index contributed by atoms with van der Waals surface area (Å²) in [7, 11) is 0. The lowest BCUT2D eigenvalue weighted by Gasteiger charge is -2.31. The normalized spacial score (nSPS) is 12.5. The molecule has 0 spiro atoms. The van der Waals surface area contributed by atoms with Crippen LogP contribution in [0.3, 0.4) is 0 Å². The van der Waals surface area contributed by atoms with E-state index in [9.17, 15) is 0 Å². The van der Waals surface area contributed by atoms with Crippen LogP contribution >= 0.6 is 0 Å². The van der Waals surface area contributed by atoms with Crippen molar-refractivity contribution in [1.29, 1.82) is 0 Å².